The summed E-state index contributed by atoms with van der Waals surface area (Å²) in [5.41, 5.74) is 17.1. The van der Waals surface area contributed by atoms with Gasteiger partial charge in [0, 0.05) is 21.3 Å². The minimum Gasteiger partial charge on any atom is -0.399 e. The van der Waals surface area contributed by atoms with Crippen LogP contribution in [0.5, 0.6) is 0 Å². The molecule has 0 aromatic heterocycles. The molecule has 0 aliphatic carbocycles. The highest BCUT2D eigenvalue weighted by atomic mass is 79.9. The van der Waals surface area contributed by atoms with Crippen LogP contribution in [0.3, 0.4) is 0 Å². The number of rotatable bonds is 3. The van der Waals surface area contributed by atoms with E-state index in [1.807, 2.05) is 48.5 Å². The van der Waals surface area contributed by atoms with Gasteiger partial charge in [-0.2, -0.15) is 5.10 Å². The average molecular weight is 349 g/mol. The topological polar surface area (TPSA) is 76.4 Å². The number of nitrogens with one attached hydrogen (secondary N) is 1. The fourth-order valence-corrected chi connectivity index (χ4v) is 2.17. The van der Waals surface area contributed by atoms with Crippen molar-refractivity contribution in [2.45, 2.75) is 0 Å². The Morgan fingerprint density at radius 2 is 1.75 bits per heavy atom. The lowest BCUT2D eigenvalue weighted by Gasteiger charge is -2.09. The molecule has 102 valence electrons. The van der Waals surface area contributed by atoms with E-state index in [0.717, 1.165) is 15.6 Å². The van der Waals surface area contributed by atoms with Gasteiger partial charge in [0.15, 0.2) is 5.11 Å². The van der Waals surface area contributed by atoms with Gasteiger partial charge in [-0.25, -0.2) is 0 Å². The molecule has 0 unspecified atom stereocenters. The summed E-state index contributed by atoms with van der Waals surface area (Å²) in [6.07, 6.45) is 0. The van der Waals surface area contributed by atoms with Crippen molar-refractivity contribution in [3.8, 4) is 0 Å². The minimum absolute atomic E-state index is 0.112. The van der Waals surface area contributed by atoms with E-state index < -0.39 is 0 Å². The van der Waals surface area contributed by atoms with E-state index in [1.54, 1.807) is 0 Å². The van der Waals surface area contributed by atoms with Crippen LogP contribution in [0, 0.1) is 0 Å². The SMILES string of the molecule is NC(=S)N/N=C(/c1cccc(N)c1)c1cccc(Br)c1. The molecular weight excluding hydrogens is 336 g/mol. The molecule has 2 aromatic rings. The molecule has 0 amide bonds. The van der Waals surface area contributed by atoms with Crippen LogP contribution in [0.15, 0.2) is 58.1 Å². The molecule has 2 aromatic carbocycles. The highest BCUT2D eigenvalue weighted by molar-refractivity contribution is 9.10. The molecule has 5 N–H and O–H groups in total. The second-order valence-corrected chi connectivity index (χ2v) is 5.43. The van der Waals surface area contributed by atoms with Crippen molar-refractivity contribution < 1.29 is 0 Å². The van der Waals surface area contributed by atoms with E-state index in [0.29, 0.717) is 11.4 Å². The molecule has 6 heteroatoms. The summed E-state index contributed by atoms with van der Waals surface area (Å²) in [7, 11) is 0. The third-order valence-electron chi connectivity index (χ3n) is 2.54. The molecule has 0 saturated heterocycles. The van der Waals surface area contributed by atoms with Crippen LogP contribution >= 0.6 is 28.1 Å². The smallest absolute Gasteiger partial charge is 0.184 e. The van der Waals surface area contributed by atoms with Gasteiger partial charge < -0.3 is 11.5 Å². The first-order valence-corrected chi connectivity index (χ1v) is 7.01. The van der Waals surface area contributed by atoms with E-state index in [4.69, 9.17) is 23.7 Å². The van der Waals surface area contributed by atoms with E-state index >= 15 is 0 Å². The van der Waals surface area contributed by atoms with Gasteiger partial charge in [0.2, 0.25) is 0 Å². The van der Waals surface area contributed by atoms with Gasteiger partial charge >= 0.3 is 0 Å². The second kappa shape index (κ2) is 6.49. The first-order valence-electron chi connectivity index (χ1n) is 5.81. The van der Waals surface area contributed by atoms with Crippen molar-refractivity contribution in [2.75, 3.05) is 5.73 Å². The molecule has 0 atom stereocenters. The standard InChI is InChI=1S/C14H13BrN4S/c15-11-5-1-3-9(7-11)13(18-19-14(17)20)10-4-2-6-12(16)8-10/h1-8H,16H2,(H3,17,19,20)/b18-13+. The van der Waals surface area contributed by atoms with Crippen LogP contribution in [0.1, 0.15) is 11.1 Å². The quantitative estimate of drug-likeness (QED) is 0.345. The largest absolute Gasteiger partial charge is 0.399 e. The zero-order chi connectivity index (χ0) is 14.5. The van der Waals surface area contributed by atoms with E-state index in [2.05, 4.69) is 26.5 Å². The van der Waals surface area contributed by atoms with Crippen LogP contribution < -0.4 is 16.9 Å². The number of nitrogens with zero attached hydrogens (tertiary/aromatic N) is 1. The Bertz CT molecular complexity index is 622. The van der Waals surface area contributed by atoms with Crippen LogP contribution in [0.4, 0.5) is 5.69 Å². The van der Waals surface area contributed by atoms with E-state index in [-0.39, 0.29) is 5.11 Å². The molecule has 0 aliphatic rings. The predicted molar refractivity (Wildman–Crippen MR) is 90.6 cm³/mol. The van der Waals surface area contributed by atoms with Gasteiger partial charge in [0.05, 0.1) is 5.71 Å². The van der Waals surface area contributed by atoms with Gasteiger partial charge in [0.1, 0.15) is 0 Å². The fraction of sp³-hybridized carbons (Fsp3) is 0. The maximum absolute atomic E-state index is 5.83. The maximum Gasteiger partial charge on any atom is 0.184 e. The first kappa shape index (κ1) is 14.5. The monoisotopic (exact) mass is 348 g/mol. The van der Waals surface area contributed by atoms with Gasteiger partial charge in [-0.15, -0.1) is 0 Å². The lowest BCUT2D eigenvalue weighted by molar-refractivity contribution is 1.03. The number of hydrazone groups is 1. The Morgan fingerprint density at radius 3 is 2.35 bits per heavy atom. The molecule has 0 spiro atoms. The van der Waals surface area contributed by atoms with Crippen LogP contribution in [-0.4, -0.2) is 10.8 Å². The van der Waals surface area contributed by atoms with Gasteiger partial charge in [-0.3, -0.25) is 5.43 Å². The van der Waals surface area contributed by atoms with Crippen LogP contribution in [0.25, 0.3) is 0 Å². The molecule has 0 saturated carbocycles. The van der Waals surface area contributed by atoms with Crippen molar-refractivity contribution >= 4 is 44.7 Å². The number of benzene rings is 2. The number of anilines is 1. The normalized spacial score (nSPS) is 11.2. The number of halogens is 1. The van der Waals surface area contributed by atoms with Crippen molar-refractivity contribution in [1.82, 2.24) is 5.43 Å². The predicted octanol–water partition coefficient (Wildman–Crippen LogP) is 2.62. The summed E-state index contributed by atoms with van der Waals surface area (Å²) in [6, 6.07) is 15.3. The summed E-state index contributed by atoms with van der Waals surface area (Å²) < 4.78 is 0.960. The molecule has 20 heavy (non-hydrogen) atoms. The molecule has 0 radical (unpaired) electrons. The lowest BCUT2D eigenvalue weighted by Crippen LogP contribution is -2.26. The summed E-state index contributed by atoms with van der Waals surface area (Å²) in [5.74, 6) is 0. The fourth-order valence-electron chi connectivity index (χ4n) is 1.73. The third-order valence-corrected chi connectivity index (χ3v) is 3.12. The number of hydrogen-bond acceptors (Lipinski definition) is 3. The highest BCUT2D eigenvalue weighted by Crippen LogP contribution is 2.17. The summed E-state index contributed by atoms with van der Waals surface area (Å²) in [6.45, 7) is 0. The Morgan fingerprint density at radius 1 is 1.10 bits per heavy atom. The Hall–Kier alpha value is -1.92. The average Bonchev–Trinajstić information content (AvgIpc) is 2.39. The molecular formula is C14H13BrN4S. The molecule has 0 bridgehead atoms. The summed E-state index contributed by atoms with van der Waals surface area (Å²) in [4.78, 5) is 0. The highest BCUT2D eigenvalue weighted by Gasteiger charge is 2.08. The van der Waals surface area contributed by atoms with Gasteiger partial charge in [-0.1, -0.05) is 40.2 Å². The van der Waals surface area contributed by atoms with Crippen LogP contribution in [-0.2, 0) is 0 Å². The first-order chi connectivity index (χ1) is 9.56. The summed E-state index contributed by atoms with van der Waals surface area (Å²) >= 11 is 8.24. The number of nitrogens with two attached hydrogens (primary N) is 2. The number of hydrogen-bond donors (Lipinski definition) is 3. The van der Waals surface area contributed by atoms with Gasteiger partial charge in [0.25, 0.3) is 0 Å². The second-order valence-electron chi connectivity index (χ2n) is 4.07. The molecule has 0 fully saturated rings. The van der Waals surface area contributed by atoms with Crippen molar-refractivity contribution in [2.24, 2.45) is 10.8 Å². The zero-order valence-corrected chi connectivity index (χ0v) is 12.9. The number of thiocarbonyl (C=S) groups is 1. The van der Waals surface area contributed by atoms with Crippen molar-refractivity contribution in [1.29, 1.82) is 0 Å². The van der Waals surface area contributed by atoms with E-state index in [9.17, 15) is 0 Å². The summed E-state index contributed by atoms with van der Waals surface area (Å²) in [5, 5.41) is 4.38. The van der Waals surface area contributed by atoms with Gasteiger partial charge in [-0.05, 0) is 36.5 Å². The Kier molecular flexibility index (Phi) is 4.70. The molecule has 2 rings (SSSR count). The van der Waals surface area contributed by atoms with Crippen molar-refractivity contribution in [3.63, 3.8) is 0 Å². The minimum atomic E-state index is 0.112. The zero-order valence-electron chi connectivity index (χ0n) is 10.5. The molecule has 4 nitrogen and oxygen atoms in total. The number of nitrogen functional groups attached to an aromatic ring is 1. The lowest BCUT2D eigenvalue weighted by atomic mass is 10.0. The Balaban J connectivity index is 2.50. The third kappa shape index (κ3) is 3.79. The van der Waals surface area contributed by atoms with E-state index in [1.165, 1.54) is 0 Å². The maximum atomic E-state index is 5.83. The molecule has 0 aliphatic heterocycles. The Labute approximate surface area is 131 Å². The van der Waals surface area contributed by atoms with Crippen LogP contribution in [0.2, 0.25) is 0 Å². The van der Waals surface area contributed by atoms with Crippen molar-refractivity contribution in [3.05, 3.63) is 64.1 Å². The molecule has 0 heterocycles.